The van der Waals surface area contributed by atoms with Crippen molar-refractivity contribution in [3.63, 3.8) is 0 Å². The normalized spacial score (nSPS) is 11.8. The molecule has 17 heavy (non-hydrogen) atoms. The summed E-state index contributed by atoms with van der Waals surface area (Å²) in [6.07, 6.45) is -3.36. The van der Waals surface area contributed by atoms with Crippen LogP contribution in [0.1, 0.15) is 12.1 Å². The van der Waals surface area contributed by atoms with Gasteiger partial charge >= 0.3 is 5.69 Å². The Labute approximate surface area is 103 Å². The first-order chi connectivity index (χ1) is 7.64. The highest BCUT2D eigenvalue weighted by atomic mass is 35.7. The molecule has 0 bridgehead atoms. The fourth-order valence-electron chi connectivity index (χ4n) is 1.02. The molecule has 6 nitrogen and oxygen atoms in total. The standard InChI is InChI=1S/C6H2Cl2F2N2O4S/c7-3-1-2(17(8,15)16)5(12(13)14)4(11-3)6(9)10/h1,6H. The van der Waals surface area contributed by atoms with E-state index in [9.17, 15) is 27.3 Å². The van der Waals surface area contributed by atoms with Crippen molar-refractivity contribution >= 4 is 37.0 Å². The molecule has 11 heteroatoms. The third kappa shape index (κ3) is 2.99. The molecule has 0 amide bonds. The maximum Gasteiger partial charge on any atom is 0.316 e. The molecule has 0 saturated carbocycles. The Hall–Kier alpha value is -1.06. The van der Waals surface area contributed by atoms with Crippen molar-refractivity contribution in [3.8, 4) is 0 Å². The molecule has 0 unspecified atom stereocenters. The highest BCUT2D eigenvalue weighted by Crippen LogP contribution is 2.36. The van der Waals surface area contributed by atoms with Crippen LogP contribution in [-0.2, 0) is 9.05 Å². The summed E-state index contributed by atoms with van der Waals surface area (Å²) in [4.78, 5) is 11.2. The fraction of sp³-hybridized carbons (Fsp3) is 0.167. The summed E-state index contributed by atoms with van der Waals surface area (Å²) in [6, 6.07) is 0.536. The Bertz CT molecular complexity index is 578. The van der Waals surface area contributed by atoms with Gasteiger partial charge < -0.3 is 0 Å². The lowest BCUT2D eigenvalue weighted by Gasteiger charge is -2.05. The lowest BCUT2D eigenvalue weighted by molar-refractivity contribution is -0.389. The molecule has 1 aromatic heterocycles. The summed E-state index contributed by atoms with van der Waals surface area (Å²) >= 11 is 5.29. The first-order valence-electron chi connectivity index (χ1n) is 3.72. The minimum absolute atomic E-state index is 0.536. The zero-order valence-corrected chi connectivity index (χ0v) is 9.93. The van der Waals surface area contributed by atoms with Gasteiger partial charge in [-0.05, 0) is 0 Å². The number of alkyl halides is 2. The van der Waals surface area contributed by atoms with E-state index in [1.807, 2.05) is 0 Å². The molecule has 0 radical (unpaired) electrons. The highest BCUT2D eigenvalue weighted by Gasteiger charge is 2.33. The van der Waals surface area contributed by atoms with E-state index in [1.54, 1.807) is 0 Å². The van der Waals surface area contributed by atoms with E-state index in [4.69, 9.17) is 22.3 Å². The Kier molecular flexibility index (Phi) is 3.84. The highest BCUT2D eigenvalue weighted by molar-refractivity contribution is 8.13. The average molecular weight is 307 g/mol. The Morgan fingerprint density at radius 1 is 1.47 bits per heavy atom. The van der Waals surface area contributed by atoms with Crippen LogP contribution in [0, 0.1) is 10.1 Å². The van der Waals surface area contributed by atoms with Crippen molar-refractivity contribution in [1.82, 2.24) is 4.98 Å². The molecule has 0 atom stereocenters. The van der Waals surface area contributed by atoms with Gasteiger partial charge in [0.25, 0.3) is 15.5 Å². The summed E-state index contributed by atoms with van der Waals surface area (Å²) in [5, 5.41) is 9.94. The van der Waals surface area contributed by atoms with E-state index in [2.05, 4.69) is 4.98 Å². The lowest BCUT2D eigenvalue weighted by Crippen LogP contribution is -2.06. The number of halogens is 4. The molecule has 0 aromatic carbocycles. The van der Waals surface area contributed by atoms with Crippen molar-refractivity contribution in [1.29, 1.82) is 0 Å². The average Bonchev–Trinajstić information content (AvgIpc) is 2.14. The van der Waals surface area contributed by atoms with Crippen LogP contribution >= 0.6 is 22.3 Å². The maximum absolute atomic E-state index is 12.5. The third-order valence-electron chi connectivity index (χ3n) is 1.61. The molecular weight excluding hydrogens is 305 g/mol. The van der Waals surface area contributed by atoms with Crippen LogP contribution in [0.3, 0.4) is 0 Å². The predicted octanol–water partition coefficient (Wildman–Crippen LogP) is 2.51. The third-order valence-corrected chi connectivity index (χ3v) is 3.13. The van der Waals surface area contributed by atoms with E-state index < -0.39 is 41.8 Å². The number of hydrogen-bond donors (Lipinski definition) is 0. The van der Waals surface area contributed by atoms with E-state index in [0.717, 1.165) is 0 Å². The number of aromatic nitrogens is 1. The number of pyridine rings is 1. The molecule has 0 spiro atoms. The number of hydrogen-bond acceptors (Lipinski definition) is 5. The van der Waals surface area contributed by atoms with Gasteiger partial charge in [-0.25, -0.2) is 22.2 Å². The van der Waals surface area contributed by atoms with E-state index in [0.29, 0.717) is 6.07 Å². The van der Waals surface area contributed by atoms with Gasteiger partial charge in [0.1, 0.15) is 5.15 Å². The summed E-state index contributed by atoms with van der Waals surface area (Å²) in [5.41, 5.74) is -2.72. The van der Waals surface area contributed by atoms with Gasteiger partial charge in [0, 0.05) is 16.7 Å². The summed E-state index contributed by atoms with van der Waals surface area (Å²) < 4.78 is 47.0. The van der Waals surface area contributed by atoms with Gasteiger partial charge in [0.2, 0.25) is 0 Å². The van der Waals surface area contributed by atoms with Crippen molar-refractivity contribution in [2.45, 2.75) is 11.3 Å². The molecule has 1 heterocycles. The largest absolute Gasteiger partial charge is 0.316 e. The number of nitrogens with zero attached hydrogens (tertiary/aromatic N) is 2. The first kappa shape index (κ1) is 14.0. The molecule has 1 aromatic rings. The molecule has 0 aliphatic heterocycles. The van der Waals surface area contributed by atoms with Crippen LogP contribution in [0.4, 0.5) is 14.5 Å². The van der Waals surface area contributed by atoms with Crippen LogP contribution in [0.2, 0.25) is 5.15 Å². The van der Waals surface area contributed by atoms with Gasteiger partial charge in [0.05, 0.1) is 4.92 Å². The van der Waals surface area contributed by atoms with E-state index >= 15 is 0 Å². The molecule has 0 aliphatic carbocycles. The van der Waals surface area contributed by atoms with Crippen LogP contribution in [0.5, 0.6) is 0 Å². The molecule has 0 saturated heterocycles. The van der Waals surface area contributed by atoms with Gasteiger partial charge in [0.15, 0.2) is 10.6 Å². The zero-order valence-electron chi connectivity index (χ0n) is 7.60. The summed E-state index contributed by atoms with van der Waals surface area (Å²) in [6.45, 7) is 0. The zero-order chi connectivity index (χ0) is 13.4. The van der Waals surface area contributed by atoms with Gasteiger partial charge in [-0.3, -0.25) is 10.1 Å². The Balaban J connectivity index is 3.77. The maximum atomic E-state index is 12.5. The molecule has 1 rings (SSSR count). The smallest absolute Gasteiger partial charge is 0.258 e. The SMILES string of the molecule is O=[N+]([O-])c1c(S(=O)(=O)Cl)cc(Cl)nc1C(F)F. The van der Waals surface area contributed by atoms with Crippen molar-refractivity contribution in [3.05, 3.63) is 27.0 Å². The lowest BCUT2D eigenvalue weighted by atomic mass is 10.3. The van der Waals surface area contributed by atoms with Gasteiger partial charge in [-0.15, -0.1) is 0 Å². The number of nitro groups is 1. The second-order valence-corrected chi connectivity index (χ2v) is 5.59. The molecule has 94 valence electrons. The van der Waals surface area contributed by atoms with Gasteiger partial charge in [-0.2, -0.15) is 0 Å². The molecule has 0 fully saturated rings. The second-order valence-electron chi connectivity index (χ2n) is 2.67. The summed E-state index contributed by atoms with van der Waals surface area (Å²) in [5.74, 6) is 0. The monoisotopic (exact) mass is 306 g/mol. The van der Waals surface area contributed by atoms with Crippen molar-refractivity contribution in [2.75, 3.05) is 0 Å². The quantitative estimate of drug-likeness (QED) is 0.370. The molecular formula is C6H2Cl2F2N2O4S. The predicted molar refractivity (Wildman–Crippen MR) is 53.9 cm³/mol. The first-order valence-corrected chi connectivity index (χ1v) is 6.41. The van der Waals surface area contributed by atoms with Crippen molar-refractivity contribution in [2.24, 2.45) is 0 Å². The topological polar surface area (TPSA) is 90.2 Å². The minimum Gasteiger partial charge on any atom is -0.258 e. The second kappa shape index (κ2) is 4.67. The Morgan fingerprint density at radius 3 is 2.35 bits per heavy atom. The number of rotatable bonds is 3. The minimum atomic E-state index is -4.58. The Morgan fingerprint density at radius 2 is 2.00 bits per heavy atom. The van der Waals surface area contributed by atoms with Crippen LogP contribution in [0.15, 0.2) is 11.0 Å². The fourth-order valence-corrected chi connectivity index (χ4v) is 2.30. The van der Waals surface area contributed by atoms with E-state index in [-0.39, 0.29) is 0 Å². The van der Waals surface area contributed by atoms with Gasteiger partial charge in [-0.1, -0.05) is 11.6 Å². The van der Waals surface area contributed by atoms with Crippen molar-refractivity contribution < 1.29 is 22.1 Å². The van der Waals surface area contributed by atoms with Crippen LogP contribution in [-0.4, -0.2) is 18.3 Å². The molecule has 0 N–H and O–H groups in total. The van der Waals surface area contributed by atoms with E-state index in [1.165, 1.54) is 0 Å². The molecule has 0 aliphatic rings. The van der Waals surface area contributed by atoms with Crippen LogP contribution in [0.25, 0.3) is 0 Å². The van der Waals surface area contributed by atoms with Crippen LogP contribution < -0.4 is 0 Å². The summed E-state index contributed by atoms with van der Waals surface area (Å²) in [7, 11) is 0.309.